The third-order valence-electron chi connectivity index (χ3n) is 5.30. The molecule has 0 bridgehead atoms. The van der Waals surface area contributed by atoms with Gasteiger partial charge >= 0.3 is 12.0 Å². The van der Waals surface area contributed by atoms with Crippen molar-refractivity contribution >= 4 is 17.9 Å². The van der Waals surface area contributed by atoms with Gasteiger partial charge < -0.3 is 14.8 Å². The lowest BCUT2D eigenvalue weighted by Gasteiger charge is -2.33. The van der Waals surface area contributed by atoms with E-state index in [1.807, 2.05) is 31.2 Å². The second-order valence-electron chi connectivity index (χ2n) is 7.47. The van der Waals surface area contributed by atoms with Crippen LogP contribution in [0.3, 0.4) is 0 Å². The molecule has 0 aromatic heterocycles. The van der Waals surface area contributed by atoms with Crippen LogP contribution in [0.5, 0.6) is 5.75 Å². The van der Waals surface area contributed by atoms with E-state index in [1.165, 1.54) is 0 Å². The van der Waals surface area contributed by atoms with Gasteiger partial charge in [-0.1, -0.05) is 24.6 Å². The Hall–Kier alpha value is -2.57. The molecule has 1 N–H and O–H groups in total. The number of hydrogen-bond acceptors (Lipinski definition) is 5. The Morgan fingerprint density at radius 1 is 1.19 bits per heavy atom. The van der Waals surface area contributed by atoms with Crippen LogP contribution in [0.1, 0.15) is 38.2 Å². The standard InChI is InChI=1S/C20H26N2O5/c1-14-3-5-16(6-4-14)26-11-12-27-17(23)13-22-18(24)20(21-19(22)25)9-7-15(2)8-10-20/h3-6,15H,7-13H2,1-2H3,(H,21,25). The molecule has 1 spiro atoms. The van der Waals surface area contributed by atoms with E-state index in [0.29, 0.717) is 24.5 Å². The number of carbonyl (C=O) groups is 3. The number of carbonyl (C=O) groups excluding carboxylic acids is 3. The minimum absolute atomic E-state index is 0.0546. The molecular formula is C20H26N2O5. The van der Waals surface area contributed by atoms with Crippen LogP contribution >= 0.6 is 0 Å². The second kappa shape index (κ2) is 7.98. The maximum absolute atomic E-state index is 12.7. The summed E-state index contributed by atoms with van der Waals surface area (Å²) in [6.45, 7) is 4.02. The monoisotopic (exact) mass is 374 g/mol. The first-order valence-electron chi connectivity index (χ1n) is 9.39. The van der Waals surface area contributed by atoms with Crippen molar-refractivity contribution in [3.05, 3.63) is 29.8 Å². The molecule has 0 atom stereocenters. The van der Waals surface area contributed by atoms with E-state index in [-0.39, 0.29) is 25.7 Å². The smallest absolute Gasteiger partial charge is 0.326 e. The summed E-state index contributed by atoms with van der Waals surface area (Å²) in [5, 5.41) is 2.79. The molecule has 1 saturated carbocycles. The highest BCUT2D eigenvalue weighted by atomic mass is 16.6. The summed E-state index contributed by atoms with van der Waals surface area (Å²) in [5.74, 6) is 0.312. The molecule has 1 heterocycles. The Balaban J connectivity index is 1.44. The summed E-state index contributed by atoms with van der Waals surface area (Å²) < 4.78 is 10.6. The van der Waals surface area contributed by atoms with E-state index >= 15 is 0 Å². The Morgan fingerprint density at radius 2 is 1.85 bits per heavy atom. The highest BCUT2D eigenvalue weighted by Gasteiger charge is 2.52. The number of rotatable bonds is 6. The van der Waals surface area contributed by atoms with E-state index in [4.69, 9.17) is 9.47 Å². The van der Waals surface area contributed by atoms with Crippen LogP contribution in [-0.2, 0) is 14.3 Å². The number of nitrogens with zero attached hydrogens (tertiary/aromatic N) is 1. The molecule has 0 radical (unpaired) electrons. The number of nitrogens with one attached hydrogen (secondary N) is 1. The third-order valence-corrected chi connectivity index (χ3v) is 5.30. The molecule has 7 heteroatoms. The number of urea groups is 1. The molecule has 2 fully saturated rings. The van der Waals surface area contributed by atoms with Crippen LogP contribution in [0.4, 0.5) is 4.79 Å². The predicted molar refractivity (Wildman–Crippen MR) is 98.2 cm³/mol. The molecule has 2 aliphatic rings. The number of amides is 3. The number of benzene rings is 1. The second-order valence-corrected chi connectivity index (χ2v) is 7.47. The lowest BCUT2D eigenvalue weighted by molar-refractivity contribution is -0.148. The zero-order valence-electron chi connectivity index (χ0n) is 15.8. The van der Waals surface area contributed by atoms with Crippen molar-refractivity contribution in [3.8, 4) is 5.75 Å². The summed E-state index contributed by atoms with van der Waals surface area (Å²) in [6.07, 6.45) is 3.02. The molecule has 1 aliphatic carbocycles. The highest BCUT2D eigenvalue weighted by Crippen LogP contribution is 2.36. The first-order valence-corrected chi connectivity index (χ1v) is 9.39. The van der Waals surface area contributed by atoms with Crippen LogP contribution in [0, 0.1) is 12.8 Å². The van der Waals surface area contributed by atoms with Gasteiger partial charge in [0.1, 0.15) is 31.0 Å². The van der Waals surface area contributed by atoms with Gasteiger partial charge in [-0.25, -0.2) is 4.79 Å². The van der Waals surface area contributed by atoms with Crippen molar-refractivity contribution in [2.45, 2.75) is 45.1 Å². The van der Waals surface area contributed by atoms with E-state index < -0.39 is 17.5 Å². The van der Waals surface area contributed by atoms with E-state index in [1.54, 1.807) is 0 Å². The summed E-state index contributed by atoms with van der Waals surface area (Å²) >= 11 is 0. The van der Waals surface area contributed by atoms with Crippen molar-refractivity contribution < 1.29 is 23.9 Å². The number of imide groups is 1. The molecule has 7 nitrogen and oxygen atoms in total. The fourth-order valence-corrected chi connectivity index (χ4v) is 3.54. The number of ether oxygens (including phenoxy) is 2. The maximum atomic E-state index is 12.7. The van der Waals surface area contributed by atoms with Crippen LogP contribution in [0.2, 0.25) is 0 Å². The summed E-state index contributed by atoms with van der Waals surface area (Å²) in [4.78, 5) is 37.9. The Morgan fingerprint density at radius 3 is 2.52 bits per heavy atom. The minimum atomic E-state index is -0.835. The lowest BCUT2D eigenvalue weighted by Crippen LogP contribution is -2.49. The van der Waals surface area contributed by atoms with Gasteiger partial charge in [0, 0.05) is 0 Å². The minimum Gasteiger partial charge on any atom is -0.490 e. The lowest BCUT2D eigenvalue weighted by atomic mass is 9.77. The van der Waals surface area contributed by atoms with Gasteiger partial charge in [-0.05, 0) is 50.7 Å². The van der Waals surface area contributed by atoms with Gasteiger partial charge in [0.2, 0.25) is 0 Å². The van der Waals surface area contributed by atoms with Gasteiger partial charge in [0.05, 0.1) is 0 Å². The van der Waals surface area contributed by atoms with Crippen LogP contribution in [0.25, 0.3) is 0 Å². The number of esters is 1. The Bertz CT molecular complexity index is 708. The fourth-order valence-electron chi connectivity index (χ4n) is 3.54. The molecule has 1 aromatic rings. The normalized spacial score (nSPS) is 24.8. The SMILES string of the molecule is Cc1ccc(OCCOC(=O)CN2C(=O)NC3(CCC(C)CC3)C2=O)cc1. The zero-order chi connectivity index (χ0) is 19.4. The molecule has 1 aromatic carbocycles. The van der Waals surface area contributed by atoms with Gasteiger partial charge in [0.15, 0.2) is 0 Å². The van der Waals surface area contributed by atoms with E-state index in [9.17, 15) is 14.4 Å². The van der Waals surface area contributed by atoms with Gasteiger partial charge in [-0.15, -0.1) is 0 Å². The molecule has 0 unspecified atom stereocenters. The van der Waals surface area contributed by atoms with Gasteiger partial charge in [0.25, 0.3) is 5.91 Å². The summed E-state index contributed by atoms with van der Waals surface area (Å²) in [6, 6.07) is 7.04. The van der Waals surface area contributed by atoms with Crippen LogP contribution in [0.15, 0.2) is 24.3 Å². The van der Waals surface area contributed by atoms with Crippen molar-refractivity contribution in [2.75, 3.05) is 19.8 Å². The predicted octanol–water partition coefficient (Wildman–Crippen LogP) is 2.42. The Labute approximate surface area is 159 Å². The topological polar surface area (TPSA) is 84.9 Å². The Kier molecular flexibility index (Phi) is 5.68. The third kappa shape index (κ3) is 4.40. The van der Waals surface area contributed by atoms with E-state index in [2.05, 4.69) is 12.2 Å². The number of aryl methyl sites for hydroxylation is 1. The van der Waals surface area contributed by atoms with Crippen molar-refractivity contribution in [1.82, 2.24) is 10.2 Å². The quantitative estimate of drug-likeness (QED) is 0.470. The summed E-state index contributed by atoms with van der Waals surface area (Å²) in [7, 11) is 0. The first kappa shape index (κ1) is 19.2. The van der Waals surface area contributed by atoms with Crippen LogP contribution in [-0.4, -0.2) is 48.1 Å². The molecule has 3 amide bonds. The first-order chi connectivity index (χ1) is 12.9. The van der Waals surface area contributed by atoms with Crippen LogP contribution < -0.4 is 10.1 Å². The number of hydrogen-bond donors (Lipinski definition) is 1. The zero-order valence-corrected chi connectivity index (χ0v) is 15.8. The largest absolute Gasteiger partial charge is 0.490 e. The molecule has 146 valence electrons. The molecular weight excluding hydrogens is 348 g/mol. The molecule has 3 rings (SSSR count). The van der Waals surface area contributed by atoms with Gasteiger partial charge in [-0.3, -0.25) is 14.5 Å². The van der Waals surface area contributed by atoms with Crippen molar-refractivity contribution in [1.29, 1.82) is 0 Å². The molecule has 27 heavy (non-hydrogen) atoms. The molecule has 1 saturated heterocycles. The van der Waals surface area contributed by atoms with E-state index in [0.717, 1.165) is 23.3 Å². The average Bonchev–Trinajstić information content (AvgIpc) is 2.87. The maximum Gasteiger partial charge on any atom is 0.326 e. The van der Waals surface area contributed by atoms with Crippen molar-refractivity contribution in [3.63, 3.8) is 0 Å². The van der Waals surface area contributed by atoms with Gasteiger partial charge in [-0.2, -0.15) is 0 Å². The average molecular weight is 374 g/mol. The fraction of sp³-hybridized carbons (Fsp3) is 0.550. The highest BCUT2D eigenvalue weighted by molar-refractivity contribution is 6.08. The van der Waals surface area contributed by atoms with Crippen molar-refractivity contribution in [2.24, 2.45) is 5.92 Å². The summed E-state index contributed by atoms with van der Waals surface area (Å²) in [5.41, 5.74) is 0.297. The molecule has 1 aliphatic heterocycles.